The number of aliphatic carboxylic acids is 1. The lowest BCUT2D eigenvalue weighted by Crippen LogP contribution is -2.24. The molecule has 0 saturated heterocycles. The van der Waals surface area contributed by atoms with Crippen molar-refractivity contribution in [3.8, 4) is 0 Å². The molecule has 0 aromatic carbocycles. The molecule has 102 valence electrons. The molecular formula is C10H14ClNO4S2. The molecule has 1 heterocycles. The molecule has 0 aliphatic rings. The quantitative estimate of drug-likeness (QED) is 0.756. The van der Waals surface area contributed by atoms with Gasteiger partial charge >= 0.3 is 5.97 Å². The van der Waals surface area contributed by atoms with Crippen LogP contribution in [-0.4, -0.2) is 26.0 Å². The van der Waals surface area contributed by atoms with Crippen molar-refractivity contribution in [2.45, 2.75) is 30.4 Å². The molecule has 0 fully saturated rings. The second kappa shape index (κ2) is 6.51. The number of thiophene rings is 1. The van der Waals surface area contributed by atoms with E-state index in [2.05, 4.69) is 4.72 Å². The zero-order valence-corrected chi connectivity index (χ0v) is 12.2. The first-order chi connectivity index (χ1) is 8.33. The molecule has 0 bridgehead atoms. The molecule has 0 amide bonds. The lowest BCUT2D eigenvalue weighted by Gasteiger charge is -2.03. The lowest BCUT2D eigenvalue weighted by molar-refractivity contribution is -0.137. The van der Waals surface area contributed by atoms with E-state index in [9.17, 15) is 13.2 Å². The summed E-state index contributed by atoms with van der Waals surface area (Å²) in [4.78, 5) is 10.3. The van der Waals surface area contributed by atoms with Gasteiger partial charge in [0.05, 0.1) is 4.34 Å². The number of carbonyl (C=O) groups is 1. The average Bonchev–Trinajstić information content (AvgIpc) is 2.59. The first-order valence-electron chi connectivity index (χ1n) is 5.30. The predicted octanol–water partition coefficient (Wildman–Crippen LogP) is 2.24. The summed E-state index contributed by atoms with van der Waals surface area (Å²) in [5.41, 5.74) is 0.730. The van der Waals surface area contributed by atoms with E-state index >= 15 is 0 Å². The molecule has 0 radical (unpaired) electrons. The number of rotatable bonds is 7. The van der Waals surface area contributed by atoms with Gasteiger partial charge in [0.25, 0.3) is 0 Å². The first-order valence-corrected chi connectivity index (χ1v) is 7.98. The van der Waals surface area contributed by atoms with Gasteiger partial charge in [0.1, 0.15) is 4.21 Å². The molecule has 18 heavy (non-hydrogen) atoms. The van der Waals surface area contributed by atoms with Gasteiger partial charge in [-0.05, 0) is 31.4 Å². The Morgan fingerprint density at radius 3 is 2.67 bits per heavy atom. The van der Waals surface area contributed by atoms with Gasteiger partial charge in [-0.15, -0.1) is 11.3 Å². The van der Waals surface area contributed by atoms with Gasteiger partial charge in [0.15, 0.2) is 0 Å². The fraction of sp³-hybridized carbons (Fsp3) is 0.500. The largest absolute Gasteiger partial charge is 0.481 e. The Hall–Kier alpha value is -0.630. The Balaban J connectivity index is 2.48. The summed E-state index contributed by atoms with van der Waals surface area (Å²) in [6, 6.07) is 1.52. The molecule has 0 spiro atoms. The fourth-order valence-electron chi connectivity index (χ4n) is 1.24. The molecule has 0 aliphatic heterocycles. The molecule has 8 heteroatoms. The van der Waals surface area contributed by atoms with Crippen molar-refractivity contribution in [2.75, 3.05) is 6.54 Å². The maximum absolute atomic E-state index is 11.8. The van der Waals surface area contributed by atoms with Crippen LogP contribution >= 0.6 is 22.9 Å². The molecule has 2 N–H and O–H groups in total. The van der Waals surface area contributed by atoms with Crippen molar-refractivity contribution in [3.05, 3.63) is 16.0 Å². The van der Waals surface area contributed by atoms with Gasteiger partial charge in [-0.2, -0.15) is 0 Å². The normalized spacial score (nSPS) is 11.7. The van der Waals surface area contributed by atoms with Gasteiger partial charge in [0.2, 0.25) is 10.0 Å². The van der Waals surface area contributed by atoms with E-state index in [4.69, 9.17) is 16.7 Å². The van der Waals surface area contributed by atoms with E-state index in [0.29, 0.717) is 17.2 Å². The van der Waals surface area contributed by atoms with Gasteiger partial charge in [-0.25, -0.2) is 13.1 Å². The van der Waals surface area contributed by atoms with Gasteiger partial charge < -0.3 is 5.11 Å². The highest BCUT2D eigenvalue weighted by Crippen LogP contribution is 2.29. The lowest BCUT2D eigenvalue weighted by atomic mass is 10.2. The van der Waals surface area contributed by atoms with Crippen molar-refractivity contribution in [1.29, 1.82) is 0 Å². The Kier molecular flexibility index (Phi) is 5.58. The van der Waals surface area contributed by atoms with E-state index < -0.39 is 16.0 Å². The SMILES string of the molecule is Cc1cc(S(=O)(=O)NCCCCC(=O)O)sc1Cl. The van der Waals surface area contributed by atoms with Crippen LogP contribution in [0.4, 0.5) is 0 Å². The first kappa shape index (κ1) is 15.4. The number of carboxylic acid groups (broad SMARTS) is 1. The number of carboxylic acids is 1. The summed E-state index contributed by atoms with van der Waals surface area (Å²) >= 11 is 6.83. The third kappa shape index (κ3) is 4.56. The molecule has 0 unspecified atom stereocenters. The van der Waals surface area contributed by atoms with E-state index in [-0.39, 0.29) is 17.2 Å². The minimum absolute atomic E-state index is 0.0473. The minimum Gasteiger partial charge on any atom is -0.481 e. The van der Waals surface area contributed by atoms with E-state index in [1.807, 2.05) is 0 Å². The van der Waals surface area contributed by atoms with Gasteiger partial charge in [-0.3, -0.25) is 4.79 Å². The topological polar surface area (TPSA) is 83.5 Å². The summed E-state index contributed by atoms with van der Waals surface area (Å²) < 4.78 is 26.7. The molecule has 1 aromatic heterocycles. The van der Waals surface area contributed by atoms with Gasteiger partial charge in [0, 0.05) is 13.0 Å². The van der Waals surface area contributed by atoms with Crippen LogP contribution in [0.15, 0.2) is 10.3 Å². The smallest absolute Gasteiger partial charge is 0.303 e. The second-order valence-corrected chi connectivity index (χ2v) is 7.42. The van der Waals surface area contributed by atoms with Crippen LogP contribution in [0, 0.1) is 6.92 Å². The zero-order chi connectivity index (χ0) is 13.8. The number of nitrogens with one attached hydrogen (secondary N) is 1. The summed E-state index contributed by atoms with van der Waals surface area (Å²) in [6.45, 7) is 1.97. The summed E-state index contributed by atoms with van der Waals surface area (Å²) in [5.74, 6) is -0.876. The number of hydrogen-bond donors (Lipinski definition) is 2. The van der Waals surface area contributed by atoms with Crippen LogP contribution in [0.25, 0.3) is 0 Å². The minimum atomic E-state index is -3.53. The Labute approximate surface area is 115 Å². The second-order valence-electron chi connectivity index (χ2n) is 3.77. The molecule has 0 aliphatic carbocycles. The van der Waals surface area contributed by atoms with Crippen molar-refractivity contribution in [1.82, 2.24) is 4.72 Å². The number of hydrogen-bond acceptors (Lipinski definition) is 4. The van der Waals surface area contributed by atoms with E-state index in [1.54, 1.807) is 6.92 Å². The van der Waals surface area contributed by atoms with Crippen LogP contribution < -0.4 is 4.72 Å². The van der Waals surface area contributed by atoms with Gasteiger partial charge in [-0.1, -0.05) is 11.6 Å². The Morgan fingerprint density at radius 2 is 2.17 bits per heavy atom. The summed E-state index contributed by atoms with van der Waals surface area (Å²) in [7, 11) is -3.53. The van der Waals surface area contributed by atoms with Crippen molar-refractivity contribution in [3.63, 3.8) is 0 Å². The van der Waals surface area contributed by atoms with Crippen molar-refractivity contribution < 1.29 is 18.3 Å². The number of aryl methyl sites for hydroxylation is 1. The predicted molar refractivity (Wildman–Crippen MR) is 70.7 cm³/mol. The maximum Gasteiger partial charge on any atom is 0.303 e. The average molecular weight is 312 g/mol. The number of halogens is 1. The fourth-order valence-corrected chi connectivity index (χ4v) is 4.07. The maximum atomic E-state index is 11.8. The molecule has 1 aromatic rings. The number of unbranched alkanes of at least 4 members (excludes halogenated alkanes) is 1. The monoisotopic (exact) mass is 311 g/mol. The van der Waals surface area contributed by atoms with Crippen LogP contribution in [0.3, 0.4) is 0 Å². The molecular weight excluding hydrogens is 298 g/mol. The molecule has 5 nitrogen and oxygen atoms in total. The Morgan fingerprint density at radius 1 is 1.50 bits per heavy atom. The summed E-state index contributed by atoms with van der Waals surface area (Å²) in [6.07, 6.45) is 0.983. The summed E-state index contributed by atoms with van der Waals surface area (Å²) in [5, 5.41) is 8.43. The van der Waals surface area contributed by atoms with E-state index in [1.165, 1.54) is 6.07 Å². The van der Waals surface area contributed by atoms with Crippen molar-refractivity contribution in [2.24, 2.45) is 0 Å². The highest BCUT2D eigenvalue weighted by atomic mass is 35.5. The van der Waals surface area contributed by atoms with Crippen LogP contribution in [-0.2, 0) is 14.8 Å². The third-order valence-corrected chi connectivity index (χ3v) is 5.70. The molecule has 0 atom stereocenters. The standard InChI is InChI=1S/C10H14ClNO4S2/c1-7-6-9(17-10(7)11)18(15,16)12-5-3-2-4-8(13)14/h6,12H,2-5H2,1H3,(H,13,14). The van der Waals surface area contributed by atoms with Crippen LogP contribution in [0.2, 0.25) is 4.34 Å². The van der Waals surface area contributed by atoms with E-state index in [0.717, 1.165) is 16.9 Å². The van der Waals surface area contributed by atoms with Crippen molar-refractivity contribution >= 4 is 38.9 Å². The Bertz CT molecular complexity index is 504. The zero-order valence-electron chi connectivity index (χ0n) is 9.77. The molecule has 0 saturated carbocycles. The molecule has 1 rings (SSSR count). The van der Waals surface area contributed by atoms with Crippen LogP contribution in [0.5, 0.6) is 0 Å². The third-order valence-electron chi connectivity index (χ3n) is 2.21. The number of sulfonamides is 1. The highest BCUT2D eigenvalue weighted by molar-refractivity contribution is 7.91. The highest BCUT2D eigenvalue weighted by Gasteiger charge is 2.17. The van der Waals surface area contributed by atoms with Crippen LogP contribution in [0.1, 0.15) is 24.8 Å².